The van der Waals surface area contributed by atoms with Gasteiger partial charge in [0.15, 0.2) is 13.2 Å². The summed E-state index contributed by atoms with van der Waals surface area (Å²) < 4.78 is 36.9. The zero-order valence-corrected chi connectivity index (χ0v) is 22.3. The Labute approximate surface area is 227 Å². The first-order valence-electron chi connectivity index (χ1n) is 10.0. The number of benzene rings is 3. The van der Waals surface area contributed by atoms with E-state index in [1.54, 1.807) is 0 Å². The second kappa shape index (κ2) is 12.0. The molecular formula is C23H18Cl4N2O6S. The molecule has 0 aromatic heterocycles. The van der Waals surface area contributed by atoms with E-state index in [-0.39, 0.29) is 25.7 Å². The summed E-state index contributed by atoms with van der Waals surface area (Å²) in [7, 11) is -2.38. The lowest BCUT2D eigenvalue weighted by atomic mass is 10.3. The number of rotatable bonds is 9. The van der Waals surface area contributed by atoms with Crippen LogP contribution in [0, 0.1) is 0 Å². The molecule has 0 unspecified atom stereocenters. The van der Waals surface area contributed by atoms with Crippen molar-refractivity contribution in [1.29, 1.82) is 0 Å². The van der Waals surface area contributed by atoms with Gasteiger partial charge in [-0.15, -0.1) is 0 Å². The summed E-state index contributed by atoms with van der Waals surface area (Å²) in [5, 5.41) is 3.48. The Balaban J connectivity index is 1.50. The molecule has 0 fully saturated rings. The average molecular weight is 592 g/mol. The van der Waals surface area contributed by atoms with Gasteiger partial charge in [-0.1, -0.05) is 46.4 Å². The molecule has 0 saturated heterocycles. The molecule has 0 saturated carbocycles. The van der Waals surface area contributed by atoms with Gasteiger partial charge in [-0.3, -0.25) is 9.10 Å². The molecule has 0 bridgehead atoms. The summed E-state index contributed by atoms with van der Waals surface area (Å²) in [5.74, 6) is -1.14. The number of hydrogen-bond acceptors (Lipinski definition) is 6. The largest absolute Gasteiger partial charge is 0.482 e. The topological polar surface area (TPSA) is 102 Å². The van der Waals surface area contributed by atoms with Crippen molar-refractivity contribution in [3.63, 3.8) is 0 Å². The highest BCUT2D eigenvalue weighted by Crippen LogP contribution is 2.32. The summed E-state index contributed by atoms with van der Waals surface area (Å²) in [6.07, 6.45) is 0. The quantitative estimate of drug-likeness (QED) is 0.253. The van der Waals surface area contributed by atoms with Crippen LogP contribution in [-0.2, 0) is 24.3 Å². The molecule has 0 aliphatic heterocycles. The number of ether oxygens (including phenoxy) is 2. The molecule has 0 heterocycles. The molecule has 13 heteroatoms. The van der Waals surface area contributed by atoms with Gasteiger partial charge in [0.1, 0.15) is 5.75 Å². The fourth-order valence-electron chi connectivity index (χ4n) is 2.79. The van der Waals surface area contributed by atoms with Crippen LogP contribution in [0.5, 0.6) is 5.75 Å². The number of carbonyl (C=O) groups is 2. The van der Waals surface area contributed by atoms with Crippen LogP contribution in [0.4, 0.5) is 11.4 Å². The summed E-state index contributed by atoms with van der Waals surface area (Å²) >= 11 is 23.6. The number of esters is 1. The van der Waals surface area contributed by atoms with Gasteiger partial charge in [-0.25, -0.2) is 13.2 Å². The third-order valence-corrected chi connectivity index (χ3v) is 7.76. The minimum Gasteiger partial charge on any atom is -0.482 e. The Kier molecular flexibility index (Phi) is 9.32. The van der Waals surface area contributed by atoms with Crippen molar-refractivity contribution in [3.8, 4) is 5.75 Å². The Morgan fingerprint density at radius 1 is 0.861 bits per heavy atom. The van der Waals surface area contributed by atoms with Crippen LogP contribution in [0.1, 0.15) is 0 Å². The van der Waals surface area contributed by atoms with Crippen molar-refractivity contribution in [3.05, 3.63) is 80.8 Å². The van der Waals surface area contributed by atoms with E-state index in [1.165, 1.54) is 67.7 Å². The molecule has 0 spiro atoms. The monoisotopic (exact) mass is 590 g/mol. The lowest BCUT2D eigenvalue weighted by Gasteiger charge is -2.20. The van der Waals surface area contributed by atoms with Crippen molar-refractivity contribution in [2.75, 3.05) is 29.9 Å². The number of hydrogen-bond donors (Lipinski definition) is 1. The third-order valence-electron chi connectivity index (χ3n) is 4.68. The minimum atomic E-state index is -3.79. The predicted molar refractivity (Wildman–Crippen MR) is 140 cm³/mol. The van der Waals surface area contributed by atoms with Crippen LogP contribution in [0.2, 0.25) is 20.1 Å². The SMILES string of the molecule is CN(c1ccc(OCC(=O)OCC(=O)Nc2cc(Cl)c(Cl)cc2Cl)cc1)S(=O)(=O)c1ccc(Cl)cc1. The number of amides is 1. The first kappa shape index (κ1) is 27.9. The van der Waals surface area contributed by atoms with Gasteiger partial charge >= 0.3 is 5.97 Å². The van der Waals surface area contributed by atoms with Gasteiger partial charge in [0.2, 0.25) is 0 Å². The molecule has 3 aromatic rings. The number of anilines is 2. The van der Waals surface area contributed by atoms with Crippen LogP contribution < -0.4 is 14.4 Å². The Bertz CT molecular complexity index is 1370. The highest BCUT2D eigenvalue weighted by atomic mass is 35.5. The first-order valence-corrected chi connectivity index (χ1v) is 13.0. The normalized spacial score (nSPS) is 11.0. The fraction of sp³-hybridized carbons (Fsp3) is 0.130. The van der Waals surface area contributed by atoms with E-state index < -0.39 is 35.1 Å². The van der Waals surface area contributed by atoms with Crippen LogP contribution in [0.15, 0.2) is 65.6 Å². The minimum absolute atomic E-state index is 0.0861. The number of nitrogens with one attached hydrogen (secondary N) is 1. The number of nitrogens with zero attached hydrogens (tertiary/aromatic N) is 1. The molecule has 3 rings (SSSR count). The molecule has 0 aliphatic carbocycles. The molecule has 1 amide bonds. The van der Waals surface area contributed by atoms with E-state index >= 15 is 0 Å². The molecule has 0 atom stereocenters. The van der Waals surface area contributed by atoms with Crippen molar-refractivity contribution in [2.45, 2.75) is 4.90 Å². The maximum absolute atomic E-state index is 12.8. The average Bonchev–Trinajstić information content (AvgIpc) is 2.85. The summed E-state index contributed by atoms with van der Waals surface area (Å²) in [6.45, 7) is -1.05. The second-order valence-corrected chi connectivity index (χ2v) is 10.8. The predicted octanol–water partition coefficient (Wildman–Crippen LogP) is 5.69. The van der Waals surface area contributed by atoms with Gasteiger partial charge in [-0.2, -0.15) is 0 Å². The van der Waals surface area contributed by atoms with Crippen LogP contribution in [0.3, 0.4) is 0 Å². The summed E-state index contributed by atoms with van der Waals surface area (Å²) in [5.41, 5.74) is 0.587. The third kappa shape index (κ3) is 7.18. The van der Waals surface area contributed by atoms with Crippen molar-refractivity contribution < 1.29 is 27.5 Å². The lowest BCUT2D eigenvalue weighted by Crippen LogP contribution is -2.26. The van der Waals surface area contributed by atoms with Gasteiger partial charge in [0.05, 0.1) is 31.3 Å². The molecule has 36 heavy (non-hydrogen) atoms. The zero-order chi connectivity index (χ0) is 26.5. The maximum Gasteiger partial charge on any atom is 0.344 e. The highest BCUT2D eigenvalue weighted by Gasteiger charge is 2.21. The number of halogens is 4. The maximum atomic E-state index is 12.8. The van der Waals surface area contributed by atoms with Crippen LogP contribution >= 0.6 is 46.4 Å². The molecule has 1 N–H and O–H groups in total. The van der Waals surface area contributed by atoms with Gasteiger partial charge in [-0.05, 0) is 60.7 Å². The first-order chi connectivity index (χ1) is 17.0. The van der Waals surface area contributed by atoms with Gasteiger partial charge < -0.3 is 14.8 Å². The molecule has 3 aromatic carbocycles. The van der Waals surface area contributed by atoms with Crippen molar-refractivity contribution >= 4 is 79.7 Å². The van der Waals surface area contributed by atoms with Crippen LogP contribution in [-0.4, -0.2) is 40.6 Å². The molecule has 190 valence electrons. The molecule has 0 aliphatic rings. The van der Waals surface area contributed by atoms with Crippen LogP contribution in [0.25, 0.3) is 0 Å². The van der Waals surface area contributed by atoms with Crippen molar-refractivity contribution in [1.82, 2.24) is 0 Å². The van der Waals surface area contributed by atoms with E-state index in [4.69, 9.17) is 55.9 Å². The van der Waals surface area contributed by atoms with Gasteiger partial charge in [0.25, 0.3) is 15.9 Å². The van der Waals surface area contributed by atoms with E-state index in [0.29, 0.717) is 16.5 Å². The Morgan fingerprint density at radius 3 is 2.11 bits per heavy atom. The van der Waals surface area contributed by atoms with E-state index in [1.807, 2.05) is 0 Å². The smallest absolute Gasteiger partial charge is 0.344 e. The second-order valence-electron chi connectivity index (χ2n) is 7.16. The number of sulfonamides is 1. The van der Waals surface area contributed by atoms with Gasteiger partial charge in [0, 0.05) is 12.1 Å². The zero-order valence-electron chi connectivity index (χ0n) is 18.5. The van der Waals surface area contributed by atoms with E-state index in [2.05, 4.69) is 5.32 Å². The highest BCUT2D eigenvalue weighted by molar-refractivity contribution is 7.92. The summed E-state index contributed by atoms with van der Waals surface area (Å²) in [4.78, 5) is 24.0. The van der Waals surface area contributed by atoms with E-state index in [0.717, 1.165) is 4.31 Å². The number of carbonyl (C=O) groups excluding carboxylic acids is 2. The molecule has 8 nitrogen and oxygen atoms in total. The van der Waals surface area contributed by atoms with Crippen molar-refractivity contribution in [2.24, 2.45) is 0 Å². The molecule has 0 radical (unpaired) electrons. The summed E-state index contributed by atoms with van der Waals surface area (Å²) in [6, 6.07) is 14.6. The Morgan fingerprint density at radius 2 is 1.47 bits per heavy atom. The standard InChI is InChI=1S/C23H18Cl4N2O6S/c1-29(36(32,33)17-8-2-14(24)3-9-17)15-4-6-16(7-5-15)34-13-23(31)35-12-22(30)28-21-11-19(26)18(25)10-20(21)27/h2-11H,12-13H2,1H3,(H,28,30). The lowest BCUT2D eigenvalue weighted by molar-refractivity contribution is -0.149. The Hall–Kier alpha value is -2.69. The molecular weight excluding hydrogens is 574 g/mol. The fourth-order valence-corrected chi connectivity index (χ4v) is 4.71. The van der Waals surface area contributed by atoms with E-state index in [9.17, 15) is 18.0 Å².